The number of hydrogen-bond donors (Lipinski definition) is 0. The number of allylic oxidation sites excluding steroid dienone is 2. The molecule has 4 heteroatoms. The van der Waals surface area contributed by atoms with Gasteiger partial charge in [0.2, 0.25) is 0 Å². The van der Waals surface area contributed by atoms with Crippen molar-refractivity contribution in [2.24, 2.45) is 0 Å². The molecule has 136 valence electrons. The standard InChI is InChI=1S/C23H21NO3/c1-2-26-23(25)10-6-3-7-18-11-15-21(16-12-18)27-17-20-14-13-19-8-4-5-9-22(19)24-20/h3-16H,2,17H2,1H3/b7-3+,10-6+. The number of carbonyl (C=O) groups excluding carboxylic acids is 1. The number of rotatable bonds is 7. The molecule has 0 aliphatic carbocycles. The molecule has 3 aromatic rings. The summed E-state index contributed by atoms with van der Waals surface area (Å²) in [5, 5.41) is 1.12. The van der Waals surface area contributed by atoms with Gasteiger partial charge in [0.1, 0.15) is 12.4 Å². The molecule has 0 saturated heterocycles. The normalized spacial score (nSPS) is 11.3. The van der Waals surface area contributed by atoms with E-state index in [0.29, 0.717) is 13.2 Å². The number of pyridine rings is 1. The number of fused-ring (bicyclic) bond motifs is 1. The third kappa shape index (κ3) is 5.54. The van der Waals surface area contributed by atoms with E-state index in [2.05, 4.69) is 11.1 Å². The van der Waals surface area contributed by atoms with Gasteiger partial charge in [-0.3, -0.25) is 0 Å². The number of carbonyl (C=O) groups is 1. The Hall–Kier alpha value is -3.40. The molecule has 2 aromatic carbocycles. The lowest BCUT2D eigenvalue weighted by Gasteiger charge is -2.07. The second-order valence-corrected chi connectivity index (χ2v) is 5.82. The summed E-state index contributed by atoms with van der Waals surface area (Å²) >= 11 is 0. The molecule has 1 aromatic heterocycles. The van der Waals surface area contributed by atoms with Crippen molar-refractivity contribution in [3.05, 3.63) is 90.1 Å². The van der Waals surface area contributed by atoms with Crippen LogP contribution in [-0.4, -0.2) is 17.6 Å². The minimum Gasteiger partial charge on any atom is -0.487 e. The van der Waals surface area contributed by atoms with E-state index in [9.17, 15) is 4.79 Å². The van der Waals surface area contributed by atoms with Gasteiger partial charge in [-0.05, 0) is 36.8 Å². The van der Waals surface area contributed by atoms with Crippen molar-refractivity contribution in [3.8, 4) is 5.75 Å². The van der Waals surface area contributed by atoms with Gasteiger partial charge in [0.15, 0.2) is 0 Å². The molecule has 0 unspecified atom stereocenters. The Bertz CT molecular complexity index is 959. The summed E-state index contributed by atoms with van der Waals surface area (Å²) in [6, 6.07) is 19.8. The minimum atomic E-state index is -0.340. The first-order valence-electron chi connectivity index (χ1n) is 8.83. The fraction of sp³-hybridized carbons (Fsp3) is 0.130. The van der Waals surface area contributed by atoms with Crippen LogP contribution in [0.2, 0.25) is 0 Å². The highest BCUT2D eigenvalue weighted by Crippen LogP contribution is 2.16. The number of ether oxygens (including phenoxy) is 2. The van der Waals surface area contributed by atoms with Gasteiger partial charge < -0.3 is 9.47 Å². The van der Waals surface area contributed by atoms with Crippen LogP contribution in [0.4, 0.5) is 0 Å². The fourth-order valence-corrected chi connectivity index (χ4v) is 2.51. The summed E-state index contributed by atoms with van der Waals surface area (Å²) in [4.78, 5) is 15.8. The van der Waals surface area contributed by atoms with Crippen LogP contribution >= 0.6 is 0 Å². The van der Waals surface area contributed by atoms with Crippen LogP contribution in [0.5, 0.6) is 5.75 Å². The maximum Gasteiger partial charge on any atom is 0.330 e. The molecule has 3 rings (SSSR count). The first kappa shape index (κ1) is 18.4. The average molecular weight is 359 g/mol. The molecule has 0 saturated carbocycles. The molecule has 0 aliphatic heterocycles. The number of nitrogens with zero attached hydrogens (tertiary/aromatic N) is 1. The van der Waals surface area contributed by atoms with Gasteiger partial charge in [-0.2, -0.15) is 0 Å². The predicted molar refractivity (Wildman–Crippen MR) is 107 cm³/mol. The van der Waals surface area contributed by atoms with Gasteiger partial charge >= 0.3 is 5.97 Å². The maximum absolute atomic E-state index is 11.2. The highest BCUT2D eigenvalue weighted by Gasteiger charge is 2.00. The van der Waals surface area contributed by atoms with E-state index in [-0.39, 0.29) is 5.97 Å². The highest BCUT2D eigenvalue weighted by atomic mass is 16.5. The molecule has 0 spiro atoms. The summed E-state index contributed by atoms with van der Waals surface area (Å²) in [6.07, 6.45) is 6.76. The van der Waals surface area contributed by atoms with Gasteiger partial charge in [0.05, 0.1) is 17.8 Å². The molecular weight excluding hydrogens is 338 g/mol. The van der Waals surface area contributed by atoms with Gasteiger partial charge in [-0.25, -0.2) is 9.78 Å². The molecule has 0 fully saturated rings. The molecule has 0 bridgehead atoms. The Morgan fingerprint density at radius 2 is 1.81 bits per heavy atom. The van der Waals surface area contributed by atoms with Crippen molar-refractivity contribution in [3.63, 3.8) is 0 Å². The quantitative estimate of drug-likeness (QED) is 0.340. The third-order valence-corrected chi connectivity index (χ3v) is 3.84. The summed E-state index contributed by atoms with van der Waals surface area (Å²) in [7, 11) is 0. The third-order valence-electron chi connectivity index (χ3n) is 3.84. The molecular formula is C23H21NO3. The van der Waals surface area contributed by atoms with E-state index in [1.165, 1.54) is 6.08 Å². The second kappa shape index (κ2) is 9.34. The van der Waals surface area contributed by atoms with Crippen LogP contribution in [0.25, 0.3) is 17.0 Å². The largest absolute Gasteiger partial charge is 0.487 e. The smallest absolute Gasteiger partial charge is 0.330 e. The molecule has 1 heterocycles. The zero-order valence-corrected chi connectivity index (χ0v) is 15.2. The summed E-state index contributed by atoms with van der Waals surface area (Å²) in [6.45, 7) is 2.58. The van der Waals surface area contributed by atoms with Gasteiger partial charge in [-0.15, -0.1) is 0 Å². The topological polar surface area (TPSA) is 48.4 Å². The molecule has 4 nitrogen and oxygen atoms in total. The summed E-state index contributed by atoms with van der Waals surface area (Å²) < 4.78 is 10.6. The highest BCUT2D eigenvalue weighted by molar-refractivity contribution is 5.82. The number of esters is 1. The number of para-hydroxylation sites is 1. The van der Waals surface area contributed by atoms with E-state index in [1.807, 2.05) is 60.7 Å². The van der Waals surface area contributed by atoms with Crippen LogP contribution < -0.4 is 4.74 Å². The van der Waals surface area contributed by atoms with Crippen molar-refractivity contribution >= 4 is 22.9 Å². The molecule has 0 N–H and O–H groups in total. The Morgan fingerprint density at radius 3 is 2.63 bits per heavy atom. The number of benzene rings is 2. The van der Waals surface area contributed by atoms with Crippen molar-refractivity contribution in [1.29, 1.82) is 0 Å². The molecule has 0 atom stereocenters. The second-order valence-electron chi connectivity index (χ2n) is 5.82. The Labute approximate surface area is 158 Å². The SMILES string of the molecule is CCOC(=O)/C=C/C=C/c1ccc(OCc2ccc3ccccc3n2)cc1. The Morgan fingerprint density at radius 1 is 1.00 bits per heavy atom. The summed E-state index contributed by atoms with van der Waals surface area (Å²) in [5.41, 5.74) is 2.87. The van der Waals surface area contributed by atoms with Crippen molar-refractivity contribution in [1.82, 2.24) is 4.98 Å². The van der Waals surface area contributed by atoms with E-state index < -0.39 is 0 Å². The van der Waals surface area contributed by atoms with E-state index in [0.717, 1.165) is 27.9 Å². The van der Waals surface area contributed by atoms with Crippen LogP contribution in [0.15, 0.2) is 78.9 Å². The first-order chi connectivity index (χ1) is 13.2. The van der Waals surface area contributed by atoms with E-state index in [4.69, 9.17) is 9.47 Å². The predicted octanol–water partition coefficient (Wildman–Crippen LogP) is 4.95. The van der Waals surface area contributed by atoms with Crippen LogP contribution in [-0.2, 0) is 16.1 Å². The lowest BCUT2D eigenvalue weighted by molar-refractivity contribution is -0.137. The maximum atomic E-state index is 11.2. The van der Waals surface area contributed by atoms with E-state index >= 15 is 0 Å². The van der Waals surface area contributed by atoms with Crippen LogP contribution in [0.1, 0.15) is 18.2 Å². The van der Waals surface area contributed by atoms with Crippen molar-refractivity contribution in [2.45, 2.75) is 13.5 Å². The fourth-order valence-electron chi connectivity index (χ4n) is 2.51. The zero-order valence-electron chi connectivity index (χ0n) is 15.2. The molecule has 0 radical (unpaired) electrons. The summed E-state index contributed by atoms with van der Waals surface area (Å²) in [5.74, 6) is 0.442. The van der Waals surface area contributed by atoms with E-state index in [1.54, 1.807) is 19.1 Å². The van der Waals surface area contributed by atoms with Gasteiger partial charge in [-0.1, -0.05) is 54.6 Å². The van der Waals surface area contributed by atoms with Crippen molar-refractivity contribution < 1.29 is 14.3 Å². The average Bonchev–Trinajstić information content (AvgIpc) is 2.70. The lowest BCUT2D eigenvalue weighted by atomic mass is 10.2. The van der Waals surface area contributed by atoms with Gasteiger partial charge in [0, 0.05) is 11.5 Å². The van der Waals surface area contributed by atoms with Crippen LogP contribution in [0, 0.1) is 0 Å². The molecule has 0 amide bonds. The van der Waals surface area contributed by atoms with Crippen molar-refractivity contribution in [2.75, 3.05) is 6.61 Å². The Kier molecular flexibility index (Phi) is 6.36. The number of hydrogen-bond acceptors (Lipinski definition) is 4. The number of aromatic nitrogens is 1. The van der Waals surface area contributed by atoms with Crippen LogP contribution in [0.3, 0.4) is 0 Å². The molecule has 0 aliphatic rings. The first-order valence-corrected chi connectivity index (χ1v) is 8.83. The Balaban J connectivity index is 1.54. The monoisotopic (exact) mass is 359 g/mol. The zero-order chi connectivity index (χ0) is 18.9. The van der Waals surface area contributed by atoms with Gasteiger partial charge in [0.25, 0.3) is 0 Å². The molecule has 27 heavy (non-hydrogen) atoms. The minimum absolute atomic E-state index is 0.340. The lowest BCUT2D eigenvalue weighted by Crippen LogP contribution is -1.98.